The summed E-state index contributed by atoms with van der Waals surface area (Å²) in [5.41, 5.74) is 3.92. The van der Waals surface area contributed by atoms with Crippen molar-refractivity contribution < 1.29 is 9.90 Å². The number of carbonyl (C=O) groups is 1. The number of allylic oxidation sites excluding steroid dienone is 5. The molecule has 0 bridgehead atoms. The second-order valence-corrected chi connectivity index (χ2v) is 7.44. The smallest absolute Gasteiger partial charge is 0.335 e. The van der Waals surface area contributed by atoms with Crippen LogP contribution in [0, 0.1) is 0 Å². The molecule has 0 aromatic heterocycles. The second kappa shape index (κ2) is 7.77. The summed E-state index contributed by atoms with van der Waals surface area (Å²) in [6.45, 7) is 2.10. The van der Waals surface area contributed by atoms with Crippen LogP contribution in [0.4, 0.5) is 0 Å². The van der Waals surface area contributed by atoms with E-state index in [-0.39, 0.29) is 0 Å². The molecule has 122 valence electrons. The van der Waals surface area contributed by atoms with Crippen molar-refractivity contribution in [1.29, 1.82) is 0 Å². The Morgan fingerprint density at radius 2 is 2.00 bits per heavy atom. The van der Waals surface area contributed by atoms with Crippen molar-refractivity contribution in [3.8, 4) is 0 Å². The zero-order valence-corrected chi connectivity index (χ0v) is 15.0. The minimum atomic E-state index is -0.895. The molecule has 1 heterocycles. The number of carboxylic acid groups (broad SMARTS) is 1. The highest BCUT2D eigenvalue weighted by molar-refractivity contribution is 8.12. The highest BCUT2D eigenvalue weighted by Crippen LogP contribution is 2.43. The van der Waals surface area contributed by atoms with Gasteiger partial charge in [0.25, 0.3) is 0 Å². The van der Waals surface area contributed by atoms with Crippen molar-refractivity contribution in [2.24, 2.45) is 0 Å². The number of hydrogen-bond acceptors (Lipinski definition) is 3. The highest BCUT2D eigenvalue weighted by Gasteiger charge is 2.14. The van der Waals surface area contributed by atoms with Crippen LogP contribution in [0.1, 0.15) is 35.7 Å². The third-order valence-electron chi connectivity index (χ3n) is 3.83. The van der Waals surface area contributed by atoms with Crippen LogP contribution in [-0.2, 0) is 0 Å². The molecule has 0 amide bonds. The van der Waals surface area contributed by atoms with E-state index in [9.17, 15) is 4.79 Å². The lowest BCUT2D eigenvalue weighted by atomic mass is 10.1. The monoisotopic (exact) mass is 354 g/mol. The van der Waals surface area contributed by atoms with Crippen LogP contribution < -0.4 is 0 Å². The van der Waals surface area contributed by atoms with Crippen molar-refractivity contribution in [1.82, 2.24) is 0 Å². The van der Waals surface area contributed by atoms with Gasteiger partial charge < -0.3 is 5.11 Å². The van der Waals surface area contributed by atoms with Crippen molar-refractivity contribution in [2.45, 2.75) is 19.8 Å². The average Bonchev–Trinajstić information content (AvgIpc) is 2.63. The normalized spacial score (nSPS) is 17.9. The molecule has 1 N–H and O–H groups in total. The van der Waals surface area contributed by atoms with Gasteiger partial charge in [0.1, 0.15) is 0 Å². The highest BCUT2D eigenvalue weighted by atomic mass is 32.2. The van der Waals surface area contributed by atoms with Crippen LogP contribution >= 0.6 is 23.5 Å². The van der Waals surface area contributed by atoms with Gasteiger partial charge in [0.15, 0.2) is 0 Å². The molecule has 24 heavy (non-hydrogen) atoms. The predicted octanol–water partition coefficient (Wildman–Crippen LogP) is 6.23. The van der Waals surface area contributed by atoms with Gasteiger partial charge in [-0.3, -0.25) is 0 Å². The van der Waals surface area contributed by atoms with Crippen LogP contribution in [-0.4, -0.2) is 11.1 Å². The second-order valence-electron chi connectivity index (χ2n) is 5.62. The molecule has 0 spiro atoms. The van der Waals surface area contributed by atoms with Crippen LogP contribution in [0.3, 0.4) is 0 Å². The van der Waals surface area contributed by atoms with Crippen molar-refractivity contribution in [2.75, 3.05) is 0 Å². The summed E-state index contributed by atoms with van der Waals surface area (Å²) in [5, 5.41) is 13.4. The van der Waals surface area contributed by atoms with Gasteiger partial charge in [-0.1, -0.05) is 48.2 Å². The first kappa shape index (κ1) is 16.9. The molecule has 1 aliphatic heterocycles. The third kappa shape index (κ3) is 4.13. The number of hydrogen-bond donors (Lipinski definition) is 1. The van der Waals surface area contributed by atoms with Gasteiger partial charge in [-0.05, 0) is 59.4 Å². The van der Waals surface area contributed by atoms with E-state index in [0.29, 0.717) is 5.56 Å². The van der Waals surface area contributed by atoms with Gasteiger partial charge in [0.2, 0.25) is 0 Å². The quantitative estimate of drug-likeness (QED) is 0.695. The first-order valence-electron chi connectivity index (χ1n) is 7.75. The first-order valence-corrected chi connectivity index (χ1v) is 9.51. The summed E-state index contributed by atoms with van der Waals surface area (Å²) in [4.78, 5) is 13.5. The molecule has 2 aliphatic rings. The van der Waals surface area contributed by atoms with Crippen LogP contribution in [0.5, 0.6) is 0 Å². The fourth-order valence-corrected chi connectivity index (χ4v) is 4.62. The Balaban J connectivity index is 1.73. The van der Waals surface area contributed by atoms with E-state index < -0.39 is 5.97 Å². The Morgan fingerprint density at radius 3 is 2.67 bits per heavy atom. The number of thioether (sulfide) groups is 2. The van der Waals surface area contributed by atoms with E-state index >= 15 is 0 Å². The van der Waals surface area contributed by atoms with Gasteiger partial charge in [-0.25, -0.2) is 4.79 Å². The van der Waals surface area contributed by atoms with Gasteiger partial charge >= 0.3 is 5.97 Å². The Bertz CT molecular complexity index is 793. The van der Waals surface area contributed by atoms with E-state index in [0.717, 1.165) is 18.4 Å². The maximum Gasteiger partial charge on any atom is 0.335 e. The molecule has 0 radical (unpaired) electrons. The zero-order chi connectivity index (χ0) is 16.9. The first-order chi connectivity index (χ1) is 11.6. The molecule has 0 fully saturated rings. The summed E-state index contributed by atoms with van der Waals surface area (Å²) < 4.78 is 0. The maximum absolute atomic E-state index is 10.9. The zero-order valence-electron chi connectivity index (χ0n) is 13.4. The predicted molar refractivity (Wildman–Crippen MR) is 105 cm³/mol. The molecule has 0 saturated carbocycles. The molecule has 1 aliphatic carbocycles. The maximum atomic E-state index is 10.9. The Hall–Kier alpha value is -1.91. The lowest BCUT2D eigenvalue weighted by molar-refractivity contribution is 0.0697. The Labute approximate surface area is 150 Å². The summed E-state index contributed by atoms with van der Waals surface area (Å²) in [6.07, 6.45) is 10.8. The molecular formula is C20H18O2S2. The fourth-order valence-electron chi connectivity index (χ4n) is 2.49. The number of carboxylic acids is 1. The summed E-state index contributed by atoms with van der Waals surface area (Å²) in [5.74, 6) is -0.895. The summed E-state index contributed by atoms with van der Waals surface area (Å²) >= 11 is 3.53. The Morgan fingerprint density at radius 1 is 1.21 bits per heavy atom. The van der Waals surface area contributed by atoms with E-state index in [1.165, 1.54) is 21.0 Å². The third-order valence-corrected chi connectivity index (χ3v) is 6.13. The number of benzene rings is 1. The molecular weight excluding hydrogens is 336 g/mol. The SMILES string of the molecule is CC(=Cc1ccc(C(=O)O)cc1)C1=CSC=C(C2=CC=CCC2)S1. The molecule has 2 nitrogen and oxygen atoms in total. The topological polar surface area (TPSA) is 37.3 Å². The van der Waals surface area contributed by atoms with E-state index in [4.69, 9.17) is 5.11 Å². The Kier molecular flexibility index (Phi) is 5.48. The molecule has 3 rings (SSSR count). The molecule has 0 saturated heterocycles. The van der Waals surface area contributed by atoms with Crippen LogP contribution in [0.25, 0.3) is 6.08 Å². The average molecular weight is 354 g/mol. The minimum absolute atomic E-state index is 0.314. The van der Waals surface area contributed by atoms with Crippen molar-refractivity contribution in [3.05, 3.63) is 85.4 Å². The molecule has 4 heteroatoms. The molecule has 0 unspecified atom stereocenters. The van der Waals surface area contributed by atoms with Crippen molar-refractivity contribution >= 4 is 35.6 Å². The van der Waals surface area contributed by atoms with E-state index in [1.54, 1.807) is 23.9 Å². The molecule has 1 aromatic carbocycles. The number of aromatic carboxylic acids is 1. The largest absolute Gasteiger partial charge is 0.478 e. The van der Waals surface area contributed by atoms with Gasteiger partial charge in [-0.2, -0.15) is 0 Å². The summed E-state index contributed by atoms with van der Waals surface area (Å²) in [6, 6.07) is 6.98. The van der Waals surface area contributed by atoms with E-state index in [2.05, 4.69) is 42.0 Å². The van der Waals surface area contributed by atoms with Gasteiger partial charge in [0.05, 0.1) is 5.56 Å². The summed E-state index contributed by atoms with van der Waals surface area (Å²) in [7, 11) is 0. The van der Waals surface area contributed by atoms with Crippen LogP contribution in [0.2, 0.25) is 0 Å². The minimum Gasteiger partial charge on any atom is -0.478 e. The molecule has 0 atom stereocenters. The lowest BCUT2D eigenvalue weighted by Gasteiger charge is -2.18. The van der Waals surface area contributed by atoms with Gasteiger partial charge in [0, 0.05) is 9.81 Å². The fraction of sp³-hybridized carbons (Fsp3) is 0.150. The standard InChI is InChI=1S/C20H18O2S2/c1-14(11-15-7-9-17(10-8-15)20(21)22)18-12-23-13-19(24-18)16-5-3-2-4-6-16/h2-3,5,7-13H,4,6H2,1H3,(H,21,22). The van der Waals surface area contributed by atoms with E-state index in [1.807, 2.05) is 23.9 Å². The number of rotatable bonds is 4. The van der Waals surface area contributed by atoms with Crippen molar-refractivity contribution in [3.63, 3.8) is 0 Å². The molecule has 1 aromatic rings. The van der Waals surface area contributed by atoms with Crippen LogP contribution in [0.15, 0.2) is 74.3 Å². The lowest BCUT2D eigenvalue weighted by Crippen LogP contribution is -1.95. The van der Waals surface area contributed by atoms with Gasteiger partial charge in [-0.15, -0.1) is 11.8 Å².